The van der Waals surface area contributed by atoms with E-state index in [4.69, 9.17) is 10.9 Å². The van der Waals surface area contributed by atoms with Crippen molar-refractivity contribution in [1.29, 1.82) is 0 Å². The van der Waals surface area contributed by atoms with Crippen LogP contribution in [0.5, 0.6) is 0 Å². The molecule has 4 N–H and O–H groups in total. The molecule has 0 radical (unpaired) electrons. The maximum absolute atomic E-state index is 8.60. The average molecular weight is 260 g/mol. The molecule has 1 heterocycles. The molecule has 5 nitrogen and oxygen atoms in total. The molecule has 0 aliphatic rings. The van der Waals surface area contributed by atoms with Gasteiger partial charge in [0.15, 0.2) is 5.84 Å². The van der Waals surface area contributed by atoms with E-state index in [0.29, 0.717) is 11.4 Å². The molecule has 6 heteroatoms. The molecule has 0 aliphatic carbocycles. The summed E-state index contributed by atoms with van der Waals surface area (Å²) in [5.41, 5.74) is 6.12. The number of nitrogens with two attached hydrogens (primary N) is 1. The number of hydrogen-bond acceptors (Lipinski definition) is 5. The Kier molecular flexibility index (Phi) is 4.03. The number of aromatic nitrogens is 1. The quantitative estimate of drug-likeness (QED) is 0.258. The van der Waals surface area contributed by atoms with Gasteiger partial charge in [-0.1, -0.05) is 23.4 Å². The third-order valence-electron chi connectivity index (χ3n) is 2.18. The van der Waals surface area contributed by atoms with Crippen LogP contribution in [0.3, 0.4) is 0 Å². The van der Waals surface area contributed by atoms with Gasteiger partial charge < -0.3 is 15.7 Å². The zero-order chi connectivity index (χ0) is 12.8. The summed E-state index contributed by atoms with van der Waals surface area (Å²) in [7, 11) is 0. The summed E-state index contributed by atoms with van der Waals surface area (Å²) >= 11 is 1.45. The fraction of sp³-hybridized carbons (Fsp3) is 0. The molecule has 1 aromatic heterocycles. The molecule has 0 unspecified atom stereocenters. The molecule has 1 aromatic carbocycles. The Labute approximate surface area is 109 Å². The molecule has 18 heavy (non-hydrogen) atoms. The number of benzene rings is 1. The summed E-state index contributed by atoms with van der Waals surface area (Å²) < 4.78 is 3.09. The molecule has 0 spiro atoms. The summed E-state index contributed by atoms with van der Waals surface area (Å²) in [4.78, 5) is 5.22. The van der Waals surface area contributed by atoms with E-state index in [-0.39, 0.29) is 5.84 Å². The first-order chi connectivity index (χ1) is 8.79. The average Bonchev–Trinajstić information content (AvgIpc) is 2.45. The molecule has 92 valence electrons. The Bertz CT molecular complexity index is 545. The lowest BCUT2D eigenvalue weighted by Gasteiger charge is -2.05. The van der Waals surface area contributed by atoms with Crippen LogP contribution in [-0.4, -0.2) is 16.0 Å². The SMILES string of the molecule is N/C(=N\O)c1ccnc(NSc2ccccc2)c1. The first-order valence-electron chi connectivity index (χ1n) is 5.21. The lowest BCUT2D eigenvalue weighted by Crippen LogP contribution is -2.13. The minimum Gasteiger partial charge on any atom is -0.409 e. The summed E-state index contributed by atoms with van der Waals surface area (Å²) in [5.74, 6) is 0.707. The predicted octanol–water partition coefficient (Wildman–Crippen LogP) is 2.30. The van der Waals surface area contributed by atoms with Gasteiger partial charge in [-0.2, -0.15) is 0 Å². The van der Waals surface area contributed by atoms with Crippen LogP contribution in [-0.2, 0) is 0 Å². The van der Waals surface area contributed by atoms with Gasteiger partial charge in [0.2, 0.25) is 0 Å². The van der Waals surface area contributed by atoms with Crippen molar-refractivity contribution in [3.8, 4) is 0 Å². The van der Waals surface area contributed by atoms with Gasteiger partial charge in [-0.25, -0.2) is 4.98 Å². The van der Waals surface area contributed by atoms with E-state index in [1.165, 1.54) is 11.9 Å². The minimum absolute atomic E-state index is 0.0603. The highest BCUT2D eigenvalue weighted by molar-refractivity contribution is 8.00. The highest BCUT2D eigenvalue weighted by Gasteiger charge is 2.01. The van der Waals surface area contributed by atoms with Gasteiger partial charge >= 0.3 is 0 Å². The summed E-state index contributed by atoms with van der Waals surface area (Å²) in [5, 5.41) is 11.6. The molecule has 2 rings (SSSR count). The number of pyridine rings is 1. The van der Waals surface area contributed by atoms with Crippen LogP contribution in [0.2, 0.25) is 0 Å². The van der Waals surface area contributed by atoms with Gasteiger partial charge in [0.1, 0.15) is 5.82 Å². The van der Waals surface area contributed by atoms with Gasteiger partial charge in [-0.15, -0.1) is 0 Å². The molecule has 0 bridgehead atoms. The second-order valence-electron chi connectivity index (χ2n) is 3.43. The first kappa shape index (κ1) is 12.3. The summed E-state index contributed by atoms with van der Waals surface area (Å²) in [6.07, 6.45) is 1.60. The van der Waals surface area contributed by atoms with E-state index in [2.05, 4.69) is 14.9 Å². The second kappa shape index (κ2) is 5.92. The van der Waals surface area contributed by atoms with Crippen LogP contribution in [0.1, 0.15) is 5.56 Å². The molecular weight excluding hydrogens is 248 g/mol. The standard InChI is InChI=1S/C12H12N4OS/c13-12(15-17)9-6-7-14-11(8-9)16-18-10-4-2-1-3-5-10/h1-8,17H,(H2,13,15)(H,14,16). The van der Waals surface area contributed by atoms with E-state index >= 15 is 0 Å². The number of anilines is 1. The van der Waals surface area contributed by atoms with Crippen molar-refractivity contribution in [3.05, 3.63) is 54.2 Å². The molecule has 0 amide bonds. The van der Waals surface area contributed by atoms with E-state index in [9.17, 15) is 0 Å². The largest absolute Gasteiger partial charge is 0.409 e. The van der Waals surface area contributed by atoms with Crippen LogP contribution < -0.4 is 10.5 Å². The number of hydrogen-bond donors (Lipinski definition) is 3. The Morgan fingerprint density at radius 2 is 2.06 bits per heavy atom. The molecule has 0 saturated heterocycles. The molecular formula is C12H12N4OS. The Morgan fingerprint density at radius 3 is 2.78 bits per heavy atom. The molecule has 0 aliphatic heterocycles. The smallest absolute Gasteiger partial charge is 0.170 e. The minimum atomic E-state index is 0.0603. The van der Waals surface area contributed by atoms with Crippen LogP contribution >= 0.6 is 11.9 Å². The normalized spacial score (nSPS) is 11.2. The van der Waals surface area contributed by atoms with Gasteiger partial charge in [0.25, 0.3) is 0 Å². The van der Waals surface area contributed by atoms with Crippen molar-refractivity contribution in [1.82, 2.24) is 4.98 Å². The highest BCUT2D eigenvalue weighted by Crippen LogP contribution is 2.19. The van der Waals surface area contributed by atoms with Crippen LogP contribution in [0.4, 0.5) is 5.82 Å². The fourth-order valence-electron chi connectivity index (χ4n) is 1.30. The van der Waals surface area contributed by atoms with Crippen molar-refractivity contribution in [3.63, 3.8) is 0 Å². The van der Waals surface area contributed by atoms with Gasteiger partial charge in [0.05, 0.1) is 0 Å². The maximum atomic E-state index is 8.60. The molecule has 0 saturated carbocycles. The number of rotatable bonds is 4. The first-order valence-corrected chi connectivity index (χ1v) is 6.03. The molecule has 0 atom stereocenters. The third-order valence-corrected chi connectivity index (χ3v) is 3.00. The van der Waals surface area contributed by atoms with Crippen molar-refractivity contribution in [2.24, 2.45) is 10.9 Å². The lowest BCUT2D eigenvalue weighted by atomic mass is 10.2. The molecule has 2 aromatic rings. The topological polar surface area (TPSA) is 83.5 Å². The number of nitrogens with one attached hydrogen (secondary N) is 1. The van der Waals surface area contributed by atoms with Crippen molar-refractivity contribution in [2.75, 3.05) is 4.72 Å². The zero-order valence-electron chi connectivity index (χ0n) is 9.45. The number of amidine groups is 1. The van der Waals surface area contributed by atoms with Crippen LogP contribution in [0.25, 0.3) is 0 Å². The van der Waals surface area contributed by atoms with Gasteiger partial charge in [-0.05, 0) is 36.2 Å². The van der Waals surface area contributed by atoms with Crippen molar-refractivity contribution < 1.29 is 5.21 Å². The van der Waals surface area contributed by atoms with E-state index in [0.717, 1.165) is 4.90 Å². The van der Waals surface area contributed by atoms with E-state index in [1.807, 2.05) is 30.3 Å². The molecule has 0 fully saturated rings. The maximum Gasteiger partial charge on any atom is 0.170 e. The van der Waals surface area contributed by atoms with E-state index < -0.39 is 0 Å². The van der Waals surface area contributed by atoms with Crippen LogP contribution in [0, 0.1) is 0 Å². The predicted molar refractivity (Wildman–Crippen MR) is 72.7 cm³/mol. The second-order valence-corrected chi connectivity index (χ2v) is 4.31. The zero-order valence-corrected chi connectivity index (χ0v) is 10.3. The summed E-state index contributed by atoms with van der Waals surface area (Å²) in [6.45, 7) is 0. The highest BCUT2D eigenvalue weighted by atomic mass is 32.2. The number of oxime groups is 1. The van der Waals surface area contributed by atoms with E-state index in [1.54, 1.807) is 18.3 Å². The van der Waals surface area contributed by atoms with Crippen LogP contribution in [0.15, 0.2) is 58.7 Å². The Balaban J connectivity index is 2.06. The van der Waals surface area contributed by atoms with Gasteiger partial charge in [0, 0.05) is 16.7 Å². The Hall–Kier alpha value is -2.21. The third kappa shape index (κ3) is 3.14. The van der Waals surface area contributed by atoms with Crippen molar-refractivity contribution >= 4 is 23.6 Å². The van der Waals surface area contributed by atoms with Crippen molar-refractivity contribution in [2.45, 2.75) is 4.90 Å². The summed E-state index contributed by atoms with van der Waals surface area (Å²) in [6, 6.07) is 13.3. The monoisotopic (exact) mass is 260 g/mol. The number of nitrogens with zero attached hydrogens (tertiary/aromatic N) is 2. The fourth-order valence-corrected chi connectivity index (χ4v) is 1.93. The Morgan fingerprint density at radius 1 is 1.28 bits per heavy atom. The van der Waals surface area contributed by atoms with Gasteiger partial charge in [-0.3, -0.25) is 0 Å². The lowest BCUT2D eigenvalue weighted by molar-refractivity contribution is 0.318.